The van der Waals surface area contributed by atoms with Gasteiger partial charge in [-0.25, -0.2) is 4.79 Å². The van der Waals surface area contributed by atoms with Crippen LogP contribution in [0.5, 0.6) is 5.75 Å². The number of aryl methyl sites for hydroxylation is 1. The van der Waals surface area contributed by atoms with E-state index in [-0.39, 0.29) is 10.7 Å². The van der Waals surface area contributed by atoms with Gasteiger partial charge in [0.2, 0.25) is 8.32 Å². The molecule has 1 heterocycles. The van der Waals surface area contributed by atoms with Crippen LogP contribution in [0.25, 0.3) is 11.0 Å². The van der Waals surface area contributed by atoms with Crippen LogP contribution in [0.2, 0.25) is 18.1 Å². The summed E-state index contributed by atoms with van der Waals surface area (Å²) in [5.74, 6) is 0.795. The Balaban J connectivity index is 2.06. The Labute approximate surface area is 144 Å². The molecule has 0 radical (unpaired) electrons. The van der Waals surface area contributed by atoms with Gasteiger partial charge in [-0.1, -0.05) is 32.9 Å². The van der Waals surface area contributed by atoms with E-state index in [1.54, 1.807) is 0 Å². The van der Waals surface area contributed by atoms with Gasteiger partial charge < -0.3 is 8.84 Å². The highest BCUT2D eigenvalue weighted by molar-refractivity contribution is 6.74. The van der Waals surface area contributed by atoms with Crippen molar-refractivity contribution in [1.29, 1.82) is 0 Å². The lowest BCUT2D eigenvalue weighted by Crippen LogP contribution is -2.43. The largest absolute Gasteiger partial charge is 0.543 e. The van der Waals surface area contributed by atoms with Crippen molar-refractivity contribution in [1.82, 2.24) is 0 Å². The molecule has 0 aliphatic heterocycles. The van der Waals surface area contributed by atoms with Gasteiger partial charge in [0, 0.05) is 17.0 Å². The Morgan fingerprint density at radius 2 is 1.88 bits per heavy atom. The summed E-state index contributed by atoms with van der Waals surface area (Å²) in [6.45, 7) is 11.1. The van der Waals surface area contributed by atoms with Crippen molar-refractivity contribution in [2.45, 2.75) is 58.2 Å². The van der Waals surface area contributed by atoms with E-state index in [1.165, 1.54) is 0 Å². The molecule has 0 fully saturated rings. The molecule has 3 nitrogen and oxygen atoms in total. The van der Waals surface area contributed by atoms with Gasteiger partial charge in [0.15, 0.2) is 0 Å². The van der Waals surface area contributed by atoms with E-state index >= 15 is 0 Å². The van der Waals surface area contributed by atoms with Crippen molar-refractivity contribution in [2.24, 2.45) is 0 Å². The lowest BCUT2D eigenvalue weighted by Gasteiger charge is -2.36. The Hall–Kier alpha value is -1.81. The van der Waals surface area contributed by atoms with E-state index < -0.39 is 8.32 Å². The lowest BCUT2D eigenvalue weighted by atomic mass is 10.0. The van der Waals surface area contributed by atoms with Crippen molar-refractivity contribution in [3.05, 3.63) is 51.9 Å². The van der Waals surface area contributed by atoms with E-state index in [4.69, 9.17) is 8.84 Å². The Kier molecular flexibility index (Phi) is 4.20. The zero-order chi connectivity index (χ0) is 17.5. The minimum Gasteiger partial charge on any atom is -0.543 e. The minimum atomic E-state index is -1.91. The van der Waals surface area contributed by atoms with Crippen LogP contribution in [0.1, 0.15) is 38.3 Å². The smallest absolute Gasteiger partial charge is 0.340 e. The van der Waals surface area contributed by atoms with Crippen LogP contribution in [0, 0.1) is 0 Å². The molecule has 0 amide bonds. The van der Waals surface area contributed by atoms with Gasteiger partial charge in [-0.15, -0.1) is 0 Å². The molecule has 4 heteroatoms. The zero-order valence-electron chi connectivity index (χ0n) is 15.2. The Bertz CT molecular complexity index is 854. The first kappa shape index (κ1) is 17.0. The summed E-state index contributed by atoms with van der Waals surface area (Å²) in [5.41, 5.74) is 2.35. The fourth-order valence-corrected chi connectivity index (χ4v) is 3.86. The van der Waals surface area contributed by atoms with E-state index in [1.807, 2.05) is 18.2 Å². The van der Waals surface area contributed by atoms with Crippen LogP contribution in [-0.4, -0.2) is 8.32 Å². The number of benzene rings is 1. The van der Waals surface area contributed by atoms with E-state index in [0.717, 1.165) is 35.1 Å². The molecular formula is C20H26O3Si. The summed E-state index contributed by atoms with van der Waals surface area (Å²) in [4.78, 5) is 12.4. The molecular weight excluding hydrogens is 316 g/mol. The second-order valence-corrected chi connectivity index (χ2v) is 12.8. The van der Waals surface area contributed by atoms with Crippen LogP contribution in [-0.2, 0) is 12.8 Å². The summed E-state index contributed by atoms with van der Waals surface area (Å²) in [6.07, 6.45) is 6.71. The average molecular weight is 343 g/mol. The van der Waals surface area contributed by atoms with Crippen molar-refractivity contribution >= 4 is 19.3 Å². The molecule has 1 aromatic heterocycles. The number of fused-ring (bicyclic) bond motifs is 3. The third kappa shape index (κ3) is 3.07. The highest BCUT2D eigenvalue weighted by atomic mass is 28.4. The van der Waals surface area contributed by atoms with Crippen LogP contribution >= 0.6 is 0 Å². The predicted molar refractivity (Wildman–Crippen MR) is 101 cm³/mol. The van der Waals surface area contributed by atoms with Crippen molar-refractivity contribution in [3.8, 4) is 5.75 Å². The zero-order valence-corrected chi connectivity index (χ0v) is 16.2. The molecule has 0 atom stereocenters. The molecule has 1 aliphatic carbocycles. The molecule has 0 unspecified atom stereocenters. The lowest BCUT2D eigenvalue weighted by molar-refractivity contribution is 0.489. The number of hydrogen-bond donors (Lipinski definition) is 0. The van der Waals surface area contributed by atoms with Gasteiger partial charge in [-0.3, -0.25) is 0 Å². The average Bonchev–Trinajstić information content (AvgIpc) is 2.72. The predicted octanol–water partition coefficient (Wildman–Crippen LogP) is 5.22. The third-order valence-electron chi connectivity index (χ3n) is 5.32. The van der Waals surface area contributed by atoms with Crippen molar-refractivity contribution in [2.75, 3.05) is 0 Å². The minimum absolute atomic E-state index is 0.127. The molecule has 2 aromatic rings. The van der Waals surface area contributed by atoms with Crippen LogP contribution in [0.4, 0.5) is 0 Å². The number of hydrogen-bond acceptors (Lipinski definition) is 3. The van der Waals surface area contributed by atoms with Crippen LogP contribution < -0.4 is 10.1 Å². The SMILES string of the molecule is CC(C)(C)[Si](C)(C)Oc1ccc2c3c(c(=O)oc2c1)CC=CCC3. The molecule has 0 spiro atoms. The summed E-state index contributed by atoms with van der Waals surface area (Å²) in [5, 5.41) is 1.17. The van der Waals surface area contributed by atoms with Crippen molar-refractivity contribution < 1.29 is 8.84 Å². The third-order valence-corrected chi connectivity index (χ3v) is 9.68. The summed E-state index contributed by atoms with van der Waals surface area (Å²) in [6, 6.07) is 5.95. The first-order valence-corrected chi connectivity index (χ1v) is 11.5. The Morgan fingerprint density at radius 1 is 1.12 bits per heavy atom. The topological polar surface area (TPSA) is 39.4 Å². The van der Waals surface area contributed by atoms with E-state index in [0.29, 0.717) is 12.0 Å². The number of rotatable bonds is 2. The highest BCUT2D eigenvalue weighted by Crippen LogP contribution is 2.38. The molecule has 0 saturated heterocycles. The van der Waals surface area contributed by atoms with Gasteiger partial charge in [0.1, 0.15) is 11.3 Å². The summed E-state index contributed by atoms with van der Waals surface area (Å²) >= 11 is 0. The molecule has 0 bridgehead atoms. The molecule has 24 heavy (non-hydrogen) atoms. The number of allylic oxidation sites excluding steroid dienone is 2. The summed E-state index contributed by atoms with van der Waals surface area (Å²) < 4.78 is 11.9. The quantitative estimate of drug-likeness (QED) is 0.426. The molecule has 128 valence electrons. The monoisotopic (exact) mass is 342 g/mol. The van der Waals surface area contributed by atoms with Gasteiger partial charge >= 0.3 is 5.63 Å². The van der Waals surface area contributed by atoms with Gasteiger partial charge in [0.05, 0.1) is 0 Å². The molecule has 0 N–H and O–H groups in total. The molecule has 0 saturated carbocycles. The second kappa shape index (κ2) is 5.92. The first-order valence-electron chi connectivity index (χ1n) is 8.62. The van der Waals surface area contributed by atoms with E-state index in [2.05, 4.69) is 46.0 Å². The van der Waals surface area contributed by atoms with E-state index in [9.17, 15) is 4.79 Å². The second-order valence-electron chi connectivity index (χ2n) is 8.08. The van der Waals surface area contributed by atoms with Crippen molar-refractivity contribution in [3.63, 3.8) is 0 Å². The highest BCUT2D eigenvalue weighted by Gasteiger charge is 2.39. The molecule has 1 aromatic carbocycles. The van der Waals surface area contributed by atoms with Gasteiger partial charge in [-0.05, 0) is 55.1 Å². The Morgan fingerprint density at radius 3 is 2.58 bits per heavy atom. The fraction of sp³-hybridized carbons (Fsp3) is 0.450. The maximum atomic E-state index is 12.4. The van der Waals surface area contributed by atoms with Gasteiger partial charge in [-0.2, -0.15) is 0 Å². The summed E-state index contributed by atoms with van der Waals surface area (Å²) in [7, 11) is -1.91. The molecule has 1 aliphatic rings. The normalized spacial score (nSPS) is 15.2. The van der Waals surface area contributed by atoms with Crippen LogP contribution in [0.15, 0.2) is 39.6 Å². The van der Waals surface area contributed by atoms with Crippen LogP contribution in [0.3, 0.4) is 0 Å². The first-order chi connectivity index (χ1) is 11.2. The standard InChI is InChI=1S/C20H26O3Si/c1-20(2,3)24(4,5)23-14-11-12-16-15-9-7-6-8-10-17(15)19(21)22-18(16)13-14/h6,8,11-13H,7,9-10H2,1-5H3. The fourth-order valence-electron chi connectivity index (χ4n) is 2.83. The van der Waals surface area contributed by atoms with Gasteiger partial charge in [0.25, 0.3) is 0 Å². The molecule has 3 rings (SSSR count). The maximum absolute atomic E-state index is 12.4. The maximum Gasteiger partial charge on any atom is 0.340 e.